The van der Waals surface area contributed by atoms with Crippen molar-refractivity contribution in [3.63, 3.8) is 0 Å². The SMILES string of the molecule is CCC(C)OOC(=O)CCc1ccc(OCc2nc(-c3ccc(Br)s3)oc2C)cc1. The Labute approximate surface area is 188 Å². The van der Waals surface area contributed by atoms with Crippen LogP contribution in [0.3, 0.4) is 0 Å². The van der Waals surface area contributed by atoms with E-state index in [0.717, 1.165) is 37.9 Å². The lowest BCUT2D eigenvalue weighted by atomic mass is 10.1. The Morgan fingerprint density at radius 3 is 2.67 bits per heavy atom. The Bertz CT molecular complexity index is 966. The van der Waals surface area contributed by atoms with Crippen molar-refractivity contribution in [1.29, 1.82) is 0 Å². The molecule has 1 aromatic carbocycles. The van der Waals surface area contributed by atoms with Crippen LogP contribution in [-0.4, -0.2) is 17.1 Å². The van der Waals surface area contributed by atoms with E-state index in [1.165, 1.54) is 0 Å². The number of hydrogen-bond donors (Lipinski definition) is 0. The molecular formula is C22H24BrNO5S. The molecule has 0 amide bonds. The predicted octanol–water partition coefficient (Wildman–Crippen LogP) is 6.26. The standard InChI is InChI=1S/C22H24BrNO5S/c1-4-14(2)28-29-21(25)12-7-16-5-8-17(9-6-16)26-13-18-15(3)27-22(24-18)19-10-11-20(23)30-19/h5-6,8-11,14H,4,7,12-13H2,1-3H3. The first-order valence-electron chi connectivity index (χ1n) is 9.74. The maximum absolute atomic E-state index is 11.7. The van der Waals surface area contributed by atoms with Crippen molar-refractivity contribution in [2.24, 2.45) is 0 Å². The molecule has 160 valence electrons. The molecule has 2 aromatic heterocycles. The molecule has 0 aliphatic heterocycles. The van der Waals surface area contributed by atoms with E-state index in [2.05, 4.69) is 20.9 Å². The molecule has 6 nitrogen and oxygen atoms in total. The van der Waals surface area contributed by atoms with Crippen molar-refractivity contribution in [2.75, 3.05) is 0 Å². The minimum Gasteiger partial charge on any atom is -0.487 e. The number of hydrogen-bond acceptors (Lipinski definition) is 7. The highest BCUT2D eigenvalue weighted by Gasteiger charge is 2.14. The monoisotopic (exact) mass is 493 g/mol. The summed E-state index contributed by atoms with van der Waals surface area (Å²) in [7, 11) is 0. The number of halogens is 1. The summed E-state index contributed by atoms with van der Waals surface area (Å²) in [5, 5.41) is 0. The second kappa shape index (κ2) is 10.7. The highest BCUT2D eigenvalue weighted by Crippen LogP contribution is 2.32. The lowest BCUT2D eigenvalue weighted by Crippen LogP contribution is -2.13. The van der Waals surface area contributed by atoms with Crippen LogP contribution >= 0.6 is 27.3 Å². The van der Waals surface area contributed by atoms with Gasteiger partial charge in [-0.2, -0.15) is 4.89 Å². The van der Waals surface area contributed by atoms with Crippen LogP contribution in [0.25, 0.3) is 10.8 Å². The van der Waals surface area contributed by atoms with Crippen molar-refractivity contribution in [2.45, 2.75) is 52.7 Å². The van der Waals surface area contributed by atoms with Gasteiger partial charge in [0.2, 0.25) is 5.89 Å². The number of aryl methyl sites for hydroxylation is 2. The average Bonchev–Trinajstić information content (AvgIpc) is 3.35. The van der Waals surface area contributed by atoms with Crippen LogP contribution in [0.1, 0.15) is 43.7 Å². The van der Waals surface area contributed by atoms with Gasteiger partial charge in [-0.15, -0.1) is 11.3 Å². The lowest BCUT2D eigenvalue weighted by Gasteiger charge is -2.09. The quantitative estimate of drug-likeness (QED) is 0.245. The van der Waals surface area contributed by atoms with Gasteiger partial charge in [0.25, 0.3) is 0 Å². The Kier molecular flexibility index (Phi) is 8.07. The van der Waals surface area contributed by atoms with Gasteiger partial charge in [0, 0.05) is 0 Å². The Balaban J connectivity index is 1.48. The van der Waals surface area contributed by atoms with Crippen LogP contribution in [0, 0.1) is 6.92 Å². The number of thiophene rings is 1. The lowest BCUT2D eigenvalue weighted by molar-refractivity contribution is -0.294. The highest BCUT2D eigenvalue weighted by molar-refractivity contribution is 9.11. The van der Waals surface area contributed by atoms with Crippen molar-refractivity contribution in [3.8, 4) is 16.5 Å². The summed E-state index contributed by atoms with van der Waals surface area (Å²) in [5.41, 5.74) is 1.79. The number of ether oxygens (including phenoxy) is 1. The zero-order valence-electron chi connectivity index (χ0n) is 17.1. The average molecular weight is 494 g/mol. The summed E-state index contributed by atoms with van der Waals surface area (Å²) in [6, 6.07) is 11.6. The largest absolute Gasteiger partial charge is 0.487 e. The second-order valence-electron chi connectivity index (χ2n) is 6.83. The Hall–Kier alpha value is -2.16. The van der Waals surface area contributed by atoms with Gasteiger partial charge < -0.3 is 9.15 Å². The first-order valence-corrected chi connectivity index (χ1v) is 11.4. The molecule has 3 aromatic rings. The highest BCUT2D eigenvalue weighted by atomic mass is 79.9. The zero-order chi connectivity index (χ0) is 21.5. The molecule has 2 heterocycles. The van der Waals surface area contributed by atoms with E-state index in [1.54, 1.807) is 11.3 Å². The molecule has 0 aliphatic rings. The van der Waals surface area contributed by atoms with Gasteiger partial charge in [-0.25, -0.2) is 9.78 Å². The fourth-order valence-corrected chi connectivity index (χ4v) is 3.80. The van der Waals surface area contributed by atoms with Gasteiger partial charge in [0.15, 0.2) is 0 Å². The molecule has 0 N–H and O–H groups in total. The van der Waals surface area contributed by atoms with Crippen LogP contribution < -0.4 is 4.74 Å². The summed E-state index contributed by atoms with van der Waals surface area (Å²) in [4.78, 5) is 27.0. The topological polar surface area (TPSA) is 70.8 Å². The van der Waals surface area contributed by atoms with Crippen molar-refractivity contribution < 1.29 is 23.7 Å². The fourth-order valence-electron chi connectivity index (χ4n) is 2.49. The summed E-state index contributed by atoms with van der Waals surface area (Å²) < 4.78 is 12.6. The van der Waals surface area contributed by atoms with Crippen molar-refractivity contribution in [3.05, 3.63) is 57.2 Å². The summed E-state index contributed by atoms with van der Waals surface area (Å²) in [6.45, 7) is 6.02. The fraction of sp³-hybridized carbons (Fsp3) is 0.364. The van der Waals surface area contributed by atoms with E-state index in [0.29, 0.717) is 18.9 Å². The first-order chi connectivity index (χ1) is 14.4. The van der Waals surface area contributed by atoms with E-state index < -0.39 is 0 Å². The van der Waals surface area contributed by atoms with Crippen LogP contribution in [-0.2, 0) is 27.6 Å². The molecule has 0 saturated heterocycles. The molecule has 0 fully saturated rings. The zero-order valence-corrected chi connectivity index (χ0v) is 19.5. The van der Waals surface area contributed by atoms with E-state index in [1.807, 2.05) is 57.2 Å². The normalized spacial score (nSPS) is 12.0. The van der Waals surface area contributed by atoms with Crippen molar-refractivity contribution in [1.82, 2.24) is 4.98 Å². The number of benzene rings is 1. The molecule has 8 heteroatoms. The first kappa shape index (κ1) is 22.5. The summed E-state index contributed by atoms with van der Waals surface area (Å²) >= 11 is 5.02. The smallest absolute Gasteiger partial charge is 0.342 e. The van der Waals surface area contributed by atoms with Gasteiger partial charge in [0.1, 0.15) is 29.9 Å². The van der Waals surface area contributed by atoms with Crippen molar-refractivity contribution >= 4 is 33.2 Å². The van der Waals surface area contributed by atoms with Crippen LogP contribution in [0.15, 0.2) is 44.6 Å². The Morgan fingerprint density at radius 2 is 2.00 bits per heavy atom. The third-order valence-corrected chi connectivity index (χ3v) is 6.09. The molecule has 0 bridgehead atoms. The number of aromatic nitrogens is 1. The van der Waals surface area contributed by atoms with E-state index in [4.69, 9.17) is 18.9 Å². The minimum atomic E-state index is -0.370. The second-order valence-corrected chi connectivity index (χ2v) is 9.29. The summed E-state index contributed by atoms with van der Waals surface area (Å²) in [5.74, 6) is 1.69. The molecule has 1 unspecified atom stereocenters. The van der Waals surface area contributed by atoms with E-state index >= 15 is 0 Å². The van der Waals surface area contributed by atoms with E-state index in [-0.39, 0.29) is 18.5 Å². The van der Waals surface area contributed by atoms with Gasteiger partial charge in [-0.3, -0.25) is 4.89 Å². The van der Waals surface area contributed by atoms with E-state index in [9.17, 15) is 4.79 Å². The number of oxazole rings is 1. The molecule has 0 aliphatic carbocycles. The third-order valence-electron chi connectivity index (χ3n) is 4.47. The molecule has 0 spiro atoms. The third kappa shape index (κ3) is 6.42. The van der Waals surface area contributed by atoms with Crippen LogP contribution in [0.4, 0.5) is 0 Å². The molecule has 0 saturated carbocycles. The predicted molar refractivity (Wildman–Crippen MR) is 118 cm³/mol. The summed E-state index contributed by atoms with van der Waals surface area (Å²) in [6.07, 6.45) is 1.53. The molecule has 1 atom stereocenters. The maximum Gasteiger partial charge on any atom is 0.342 e. The van der Waals surface area contributed by atoms with Crippen LogP contribution in [0.5, 0.6) is 5.75 Å². The molecular weight excluding hydrogens is 470 g/mol. The molecule has 0 radical (unpaired) electrons. The minimum absolute atomic E-state index is 0.0954. The van der Waals surface area contributed by atoms with Gasteiger partial charge in [-0.1, -0.05) is 19.1 Å². The van der Waals surface area contributed by atoms with Gasteiger partial charge >= 0.3 is 5.97 Å². The number of carbonyl (C=O) groups is 1. The number of carbonyl (C=O) groups excluding carboxylic acids is 1. The van der Waals surface area contributed by atoms with Gasteiger partial charge in [-0.05, 0) is 72.4 Å². The van der Waals surface area contributed by atoms with Crippen LogP contribution in [0.2, 0.25) is 0 Å². The number of nitrogens with zero attached hydrogens (tertiary/aromatic N) is 1. The molecule has 3 rings (SSSR count). The maximum atomic E-state index is 11.7. The Morgan fingerprint density at radius 1 is 1.23 bits per heavy atom. The number of rotatable bonds is 10. The van der Waals surface area contributed by atoms with Gasteiger partial charge in [0.05, 0.1) is 15.1 Å². The molecule has 30 heavy (non-hydrogen) atoms.